The highest BCUT2D eigenvalue weighted by molar-refractivity contribution is 6.15. The lowest BCUT2D eigenvalue weighted by atomic mass is 9.75. The lowest BCUT2D eigenvalue weighted by molar-refractivity contribution is 0.796. The molecule has 2 aliphatic rings. The van der Waals surface area contributed by atoms with Gasteiger partial charge in [0.25, 0.3) is 0 Å². The van der Waals surface area contributed by atoms with Crippen LogP contribution < -0.4 is 0 Å². The Balaban J connectivity index is 0.984. The lowest BCUT2D eigenvalue weighted by Gasteiger charge is -2.29. The normalized spacial score (nSPS) is 15.2. The molecule has 14 rings (SSSR count). The topological polar surface area (TPSA) is 9.86 Å². The maximum Gasteiger partial charge on any atom is 0.0579 e. The van der Waals surface area contributed by atoms with Gasteiger partial charge in [0.2, 0.25) is 0 Å². The molecule has 0 aliphatic heterocycles. The Labute approximate surface area is 384 Å². The van der Waals surface area contributed by atoms with Crippen molar-refractivity contribution < 1.29 is 0 Å². The van der Waals surface area contributed by atoms with E-state index in [0.29, 0.717) is 0 Å². The van der Waals surface area contributed by atoms with Crippen LogP contribution in [0.5, 0.6) is 0 Å². The summed E-state index contributed by atoms with van der Waals surface area (Å²) in [5.41, 5.74) is 23.6. The van der Waals surface area contributed by atoms with Crippen molar-refractivity contribution in [3.63, 3.8) is 0 Å². The molecule has 2 heterocycles. The van der Waals surface area contributed by atoms with Crippen LogP contribution in [0, 0.1) is 0 Å². The molecule has 0 N–H and O–H groups in total. The smallest absolute Gasteiger partial charge is 0.0579 e. The molecule has 10 aromatic carbocycles. The van der Waals surface area contributed by atoms with Gasteiger partial charge in [0.05, 0.1) is 22.1 Å². The van der Waals surface area contributed by atoms with E-state index in [4.69, 9.17) is 0 Å². The van der Waals surface area contributed by atoms with E-state index in [0.717, 1.165) is 12.8 Å². The minimum absolute atomic E-state index is 0.271. The van der Waals surface area contributed by atoms with Gasteiger partial charge >= 0.3 is 0 Å². The molecule has 0 radical (unpaired) electrons. The average molecular weight is 841 g/mol. The lowest BCUT2D eigenvalue weighted by Crippen LogP contribution is -2.14. The number of hydrogen-bond donors (Lipinski definition) is 0. The fraction of sp³-hybridized carbons (Fsp3) is 0.0625. The summed E-state index contributed by atoms with van der Waals surface area (Å²) < 4.78 is 5.06. The van der Waals surface area contributed by atoms with Crippen LogP contribution in [0.1, 0.15) is 45.2 Å². The molecule has 0 saturated heterocycles. The molecule has 0 amide bonds. The number of fused-ring (bicyclic) bond motifs is 14. The van der Waals surface area contributed by atoms with E-state index in [1.54, 1.807) is 0 Å². The minimum atomic E-state index is 0.271. The molecule has 2 aromatic heterocycles. The summed E-state index contributed by atoms with van der Waals surface area (Å²) in [4.78, 5) is 0. The number of benzene rings is 10. The van der Waals surface area contributed by atoms with E-state index < -0.39 is 0 Å². The van der Waals surface area contributed by atoms with E-state index in [2.05, 4.69) is 240 Å². The highest BCUT2D eigenvalue weighted by atomic mass is 15.0. The Bertz CT molecular complexity index is 3600. The molecular weight excluding hydrogens is 797 g/mol. The zero-order chi connectivity index (χ0) is 43.3. The van der Waals surface area contributed by atoms with Gasteiger partial charge in [-0.1, -0.05) is 182 Å². The number of para-hydroxylation sites is 2. The second kappa shape index (κ2) is 14.7. The zero-order valence-corrected chi connectivity index (χ0v) is 36.4. The van der Waals surface area contributed by atoms with Crippen LogP contribution in [-0.2, 0) is 12.8 Å². The van der Waals surface area contributed by atoms with Crippen molar-refractivity contribution >= 4 is 43.6 Å². The molecule has 2 nitrogen and oxygen atoms in total. The van der Waals surface area contributed by atoms with Crippen LogP contribution in [0.25, 0.3) is 88.4 Å². The van der Waals surface area contributed by atoms with Crippen LogP contribution in [0.15, 0.2) is 231 Å². The summed E-state index contributed by atoms with van der Waals surface area (Å²) in [6, 6.07) is 86.1. The molecule has 66 heavy (non-hydrogen) atoms. The van der Waals surface area contributed by atoms with Gasteiger partial charge in [-0.25, -0.2) is 0 Å². The maximum atomic E-state index is 2.53. The predicted octanol–water partition coefficient (Wildman–Crippen LogP) is 16.3. The monoisotopic (exact) mass is 840 g/mol. The SMILES string of the molecule is c1ccc(C2Cc3c(ccc4c5cc(-c6ccc7c(c6)c6ccc8c(c6n7-c6ccccc6)CC(c6ccccc6)c6ccccc6-8)ccc5n(-c5ccccc5)c34)-c3ccccc32)cc1. The van der Waals surface area contributed by atoms with E-state index >= 15 is 0 Å². The first kappa shape index (κ1) is 37.2. The number of aromatic nitrogens is 2. The molecule has 2 unspecified atom stereocenters. The maximum absolute atomic E-state index is 2.53. The Morgan fingerprint density at radius 1 is 0.303 bits per heavy atom. The molecule has 0 bridgehead atoms. The van der Waals surface area contributed by atoms with Gasteiger partial charge in [-0.15, -0.1) is 0 Å². The second-order valence-corrected chi connectivity index (χ2v) is 18.3. The molecular formula is C64H44N2. The van der Waals surface area contributed by atoms with Crippen LogP contribution in [0.4, 0.5) is 0 Å². The van der Waals surface area contributed by atoms with Crippen molar-refractivity contribution in [2.45, 2.75) is 24.7 Å². The summed E-state index contributed by atoms with van der Waals surface area (Å²) in [5.74, 6) is 0.542. The summed E-state index contributed by atoms with van der Waals surface area (Å²) in [5, 5.41) is 5.14. The Kier molecular flexibility index (Phi) is 8.27. The predicted molar refractivity (Wildman–Crippen MR) is 275 cm³/mol. The summed E-state index contributed by atoms with van der Waals surface area (Å²) in [6.45, 7) is 0. The van der Waals surface area contributed by atoms with Gasteiger partial charge in [0.15, 0.2) is 0 Å². The van der Waals surface area contributed by atoms with Crippen LogP contribution in [0.3, 0.4) is 0 Å². The van der Waals surface area contributed by atoms with Crippen molar-refractivity contribution in [1.29, 1.82) is 0 Å². The number of nitrogens with zero attached hydrogens (tertiary/aromatic N) is 2. The van der Waals surface area contributed by atoms with Crippen LogP contribution in [0.2, 0.25) is 0 Å². The first-order chi connectivity index (χ1) is 32.8. The summed E-state index contributed by atoms with van der Waals surface area (Å²) in [6.07, 6.45) is 1.88. The van der Waals surface area contributed by atoms with Gasteiger partial charge in [-0.05, 0) is 128 Å². The van der Waals surface area contributed by atoms with E-state index in [9.17, 15) is 0 Å². The van der Waals surface area contributed by atoms with Gasteiger partial charge in [-0.3, -0.25) is 0 Å². The molecule has 12 aromatic rings. The molecule has 2 atom stereocenters. The molecule has 2 aliphatic carbocycles. The fourth-order valence-corrected chi connectivity index (χ4v) is 12.0. The van der Waals surface area contributed by atoms with Crippen LogP contribution >= 0.6 is 0 Å². The van der Waals surface area contributed by atoms with Crippen LogP contribution in [-0.4, -0.2) is 9.13 Å². The van der Waals surface area contributed by atoms with Gasteiger partial charge in [0.1, 0.15) is 0 Å². The van der Waals surface area contributed by atoms with Crippen molar-refractivity contribution in [3.8, 4) is 44.8 Å². The Hall–Kier alpha value is -8.20. The Morgan fingerprint density at radius 3 is 1.11 bits per heavy atom. The fourth-order valence-electron chi connectivity index (χ4n) is 12.0. The van der Waals surface area contributed by atoms with Gasteiger partial charge in [-0.2, -0.15) is 0 Å². The van der Waals surface area contributed by atoms with Crippen molar-refractivity contribution in [2.75, 3.05) is 0 Å². The number of hydrogen-bond acceptors (Lipinski definition) is 0. The third-order valence-corrected chi connectivity index (χ3v) is 14.9. The molecule has 2 heteroatoms. The average Bonchev–Trinajstić information content (AvgIpc) is 3.92. The standard InChI is InChI=1S/C64H44N2/c1-5-17-41(18-6-1)55-39-59-51(47-25-13-15-27-49(47)55)31-33-53-57-37-43(29-35-61(57)65(63(53)59)45-21-9-3-10-22-45)44-30-36-62-58(38-44)54-34-32-52-48-26-14-16-28-50(48)56(42-19-7-2-8-20-42)40-60(52)64(54)66(62)46-23-11-4-12-24-46/h1-38,55-56H,39-40H2. The first-order valence-electron chi connectivity index (χ1n) is 23.4. The first-order valence-corrected chi connectivity index (χ1v) is 23.4. The minimum Gasteiger partial charge on any atom is -0.309 e. The van der Waals surface area contributed by atoms with Crippen molar-refractivity contribution in [3.05, 3.63) is 264 Å². The molecule has 310 valence electrons. The highest BCUT2D eigenvalue weighted by Crippen LogP contribution is 2.50. The van der Waals surface area contributed by atoms with E-state index in [1.807, 2.05) is 0 Å². The highest BCUT2D eigenvalue weighted by Gasteiger charge is 2.31. The molecule has 0 saturated carbocycles. The summed E-state index contributed by atoms with van der Waals surface area (Å²) >= 11 is 0. The molecule has 0 fully saturated rings. The third kappa shape index (κ3) is 5.55. The van der Waals surface area contributed by atoms with Crippen molar-refractivity contribution in [1.82, 2.24) is 9.13 Å². The zero-order valence-electron chi connectivity index (χ0n) is 36.4. The number of rotatable bonds is 5. The second-order valence-electron chi connectivity index (χ2n) is 18.3. The van der Waals surface area contributed by atoms with Crippen molar-refractivity contribution in [2.24, 2.45) is 0 Å². The van der Waals surface area contributed by atoms with Gasteiger partial charge in [0, 0.05) is 44.8 Å². The quantitative estimate of drug-likeness (QED) is 0.163. The van der Waals surface area contributed by atoms with E-state index in [-0.39, 0.29) is 11.8 Å². The largest absolute Gasteiger partial charge is 0.309 e. The van der Waals surface area contributed by atoms with E-state index in [1.165, 1.54) is 122 Å². The molecule has 0 spiro atoms. The summed E-state index contributed by atoms with van der Waals surface area (Å²) in [7, 11) is 0. The Morgan fingerprint density at radius 2 is 0.682 bits per heavy atom. The third-order valence-electron chi connectivity index (χ3n) is 14.9. The van der Waals surface area contributed by atoms with Gasteiger partial charge < -0.3 is 9.13 Å².